The molecule has 1 aliphatic rings. The van der Waals surface area contributed by atoms with Gasteiger partial charge in [-0.3, -0.25) is 4.90 Å². The molecule has 3 nitrogen and oxygen atoms in total. The molecule has 0 N–H and O–H groups in total. The van der Waals surface area contributed by atoms with E-state index in [1.807, 2.05) is 17.4 Å². The van der Waals surface area contributed by atoms with Crippen LogP contribution in [-0.2, 0) is 19.5 Å². The van der Waals surface area contributed by atoms with E-state index in [2.05, 4.69) is 28.5 Å². The number of hydrogen-bond acceptors (Lipinski definition) is 4. The fourth-order valence-electron chi connectivity index (χ4n) is 2.66. The Morgan fingerprint density at radius 2 is 2.00 bits per heavy atom. The Kier molecular flexibility index (Phi) is 3.94. The Balaban J connectivity index is 1.72. The molecule has 0 saturated heterocycles. The summed E-state index contributed by atoms with van der Waals surface area (Å²) in [5.41, 5.74) is 2.79. The summed E-state index contributed by atoms with van der Waals surface area (Å²) in [6, 6.07) is 8.43. The first-order valence-electron chi connectivity index (χ1n) is 6.78. The van der Waals surface area contributed by atoms with Crippen molar-refractivity contribution in [2.75, 3.05) is 20.8 Å². The first-order valence-corrected chi connectivity index (χ1v) is 7.66. The number of nitrogens with zero attached hydrogens (tertiary/aromatic N) is 1. The highest BCUT2D eigenvalue weighted by Crippen LogP contribution is 2.29. The van der Waals surface area contributed by atoms with E-state index in [1.165, 1.54) is 16.0 Å². The van der Waals surface area contributed by atoms with E-state index in [0.717, 1.165) is 37.6 Å². The Morgan fingerprint density at radius 1 is 1.15 bits per heavy atom. The number of hydrogen-bond donors (Lipinski definition) is 0. The van der Waals surface area contributed by atoms with Crippen molar-refractivity contribution in [1.29, 1.82) is 0 Å². The van der Waals surface area contributed by atoms with E-state index in [1.54, 1.807) is 14.2 Å². The van der Waals surface area contributed by atoms with Crippen LogP contribution >= 0.6 is 11.3 Å². The van der Waals surface area contributed by atoms with Gasteiger partial charge in [0.1, 0.15) is 0 Å². The number of fused-ring (bicyclic) bond motifs is 1. The summed E-state index contributed by atoms with van der Waals surface area (Å²) in [6.07, 6.45) is 1.16. The molecule has 1 aromatic heterocycles. The average Bonchev–Trinajstić information content (AvgIpc) is 2.94. The highest BCUT2D eigenvalue weighted by Gasteiger charge is 2.17. The molecule has 0 spiro atoms. The first-order chi connectivity index (χ1) is 9.80. The molecule has 0 bridgehead atoms. The van der Waals surface area contributed by atoms with Gasteiger partial charge in [0.2, 0.25) is 0 Å². The van der Waals surface area contributed by atoms with E-state index in [0.29, 0.717) is 0 Å². The van der Waals surface area contributed by atoms with E-state index >= 15 is 0 Å². The van der Waals surface area contributed by atoms with Crippen molar-refractivity contribution in [1.82, 2.24) is 4.90 Å². The van der Waals surface area contributed by atoms with Gasteiger partial charge in [-0.25, -0.2) is 0 Å². The summed E-state index contributed by atoms with van der Waals surface area (Å²) in [5.74, 6) is 1.59. The van der Waals surface area contributed by atoms with Crippen LogP contribution < -0.4 is 9.47 Å². The van der Waals surface area contributed by atoms with Crippen LogP contribution in [0.15, 0.2) is 29.6 Å². The molecule has 106 valence electrons. The number of ether oxygens (including phenoxy) is 2. The van der Waals surface area contributed by atoms with Crippen LogP contribution in [0.3, 0.4) is 0 Å². The third kappa shape index (κ3) is 2.67. The van der Waals surface area contributed by atoms with Crippen molar-refractivity contribution >= 4 is 11.3 Å². The van der Waals surface area contributed by atoms with Gasteiger partial charge >= 0.3 is 0 Å². The van der Waals surface area contributed by atoms with Crippen LogP contribution in [0.1, 0.15) is 16.0 Å². The minimum atomic E-state index is 0.787. The van der Waals surface area contributed by atoms with Crippen molar-refractivity contribution in [2.24, 2.45) is 0 Å². The van der Waals surface area contributed by atoms with Gasteiger partial charge in [0.15, 0.2) is 11.5 Å². The van der Waals surface area contributed by atoms with Gasteiger partial charge in [-0.15, -0.1) is 11.3 Å². The van der Waals surface area contributed by atoms with E-state index in [9.17, 15) is 0 Å². The van der Waals surface area contributed by atoms with Crippen molar-refractivity contribution in [3.8, 4) is 11.5 Å². The fourth-order valence-corrected chi connectivity index (χ4v) is 3.64. The lowest BCUT2D eigenvalue weighted by atomic mass is 10.1. The summed E-state index contributed by atoms with van der Waals surface area (Å²) in [7, 11) is 3.35. The molecule has 4 heteroatoms. The van der Waals surface area contributed by atoms with Gasteiger partial charge in [0, 0.05) is 24.5 Å². The largest absolute Gasteiger partial charge is 0.493 e. The topological polar surface area (TPSA) is 21.7 Å². The molecule has 0 fully saturated rings. The van der Waals surface area contributed by atoms with Crippen LogP contribution in [0, 0.1) is 0 Å². The van der Waals surface area contributed by atoms with Crippen molar-refractivity contribution in [3.05, 3.63) is 45.6 Å². The predicted octanol–water partition coefficient (Wildman–Crippen LogP) is 3.32. The summed E-state index contributed by atoms with van der Waals surface area (Å²) < 4.78 is 10.6. The zero-order valence-corrected chi connectivity index (χ0v) is 12.7. The SMILES string of the molecule is COc1ccc(CN2CCc3ccsc3C2)cc1OC. The van der Waals surface area contributed by atoms with Crippen LogP contribution in [0.5, 0.6) is 11.5 Å². The lowest BCUT2D eigenvalue weighted by Crippen LogP contribution is -2.29. The second-order valence-corrected chi connectivity index (χ2v) is 6.02. The summed E-state index contributed by atoms with van der Waals surface area (Å²) in [6.45, 7) is 3.14. The van der Waals surface area contributed by atoms with E-state index < -0.39 is 0 Å². The maximum Gasteiger partial charge on any atom is 0.161 e. The van der Waals surface area contributed by atoms with Crippen LogP contribution in [0.4, 0.5) is 0 Å². The number of thiophene rings is 1. The highest BCUT2D eigenvalue weighted by atomic mass is 32.1. The molecule has 0 atom stereocenters. The summed E-state index contributed by atoms with van der Waals surface area (Å²) >= 11 is 1.87. The Hall–Kier alpha value is -1.52. The van der Waals surface area contributed by atoms with Crippen LogP contribution in [0.25, 0.3) is 0 Å². The predicted molar refractivity (Wildman–Crippen MR) is 81.7 cm³/mol. The quantitative estimate of drug-likeness (QED) is 0.862. The van der Waals surface area contributed by atoms with Crippen molar-refractivity contribution in [3.63, 3.8) is 0 Å². The van der Waals surface area contributed by atoms with Gasteiger partial charge in [0.05, 0.1) is 14.2 Å². The fraction of sp³-hybridized carbons (Fsp3) is 0.375. The lowest BCUT2D eigenvalue weighted by molar-refractivity contribution is 0.248. The third-order valence-electron chi connectivity index (χ3n) is 3.76. The maximum absolute atomic E-state index is 5.37. The van der Waals surface area contributed by atoms with Crippen molar-refractivity contribution in [2.45, 2.75) is 19.5 Å². The zero-order chi connectivity index (χ0) is 13.9. The second kappa shape index (κ2) is 5.85. The summed E-state index contributed by atoms with van der Waals surface area (Å²) in [4.78, 5) is 4.00. The first kappa shape index (κ1) is 13.5. The Morgan fingerprint density at radius 3 is 2.80 bits per heavy atom. The zero-order valence-electron chi connectivity index (χ0n) is 11.9. The van der Waals surface area contributed by atoms with E-state index in [-0.39, 0.29) is 0 Å². The molecular weight excluding hydrogens is 270 g/mol. The Labute approximate surface area is 123 Å². The Bertz CT molecular complexity index is 594. The molecule has 1 aromatic carbocycles. The maximum atomic E-state index is 5.37. The lowest BCUT2D eigenvalue weighted by Gasteiger charge is -2.26. The molecule has 20 heavy (non-hydrogen) atoms. The summed E-state index contributed by atoms with van der Waals surface area (Å²) in [5, 5.41) is 2.20. The second-order valence-electron chi connectivity index (χ2n) is 5.02. The van der Waals surface area contributed by atoms with Crippen molar-refractivity contribution < 1.29 is 9.47 Å². The molecule has 0 saturated carbocycles. The molecule has 2 heterocycles. The monoisotopic (exact) mass is 289 g/mol. The average molecular weight is 289 g/mol. The molecule has 0 amide bonds. The molecule has 0 unspecified atom stereocenters. The standard InChI is InChI=1S/C16H19NO2S/c1-18-14-4-3-12(9-15(14)19-2)10-17-7-5-13-6-8-20-16(13)11-17/h3-4,6,8-9H,5,7,10-11H2,1-2H3. The third-order valence-corrected chi connectivity index (χ3v) is 4.70. The molecular formula is C16H19NO2S. The highest BCUT2D eigenvalue weighted by molar-refractivity contribution is 7.10. The van der Waals surface area contributed by atoms with Gasteiger partial charge in [0.25, 0.3) is 0 Å². The number of benzene rings is 1. The molecule has 2 aromatic rings. The van der Waals surface area contributed by atoms with Gasteiger partial charge in [-0.1, -0.05) is 6.07 Å². The molecule has 0 radical (unpaired) electrons. The number of methoxy groups -OCH3 is 2. The number of rotatable bonds is 4. The molecule has 0 aliphatic carbocycles. The smallest absolute Gasteiger partial charge is 0.161 e. The molecule has 1 aliphatic heterocycles. The van der Waals surface area contributed by atoms with Crippen LogP contribution in [-0.4, -0.2) is 25.7 Å². The van der Waals surface area contributed by atoms with Gasteiger partial charge in [-0.05, 0) is 41.1 Å². The molecule has 3 rings (SSSR count). The minimum absolute atomic E-state index is 0.787. The van der Waals surface area contributed by atoms with Gasteiger partial charge in [-0.2, -0.15) is 0 Å². The van der Waals surface area contributed by atoms with Crippen LogP contribution in [0.2, 0.25) is 0 Å². The minimum Gasteiger partial charge on any atom is -0.493 e. The van der Waals surface area contributed by atoms with Gasteiger partial charge < -0.3 is 9.47 Å². The van der Waals surface area contributed by atoms with E-state index in [4.69, 9.17) is 9.47 Å². The normalized spacial score (nSPS) is 14.9.